The number of aromatic nitrogens is 1. The Morgan fingerprint density at radius 3 is 2.57 bits per heavy atom. The molecular formula is C35H49N5O7S2. The summed E-state index contributed by atoms with van der Waals surface area (Å²) in [5.74, 6) is -0.0528. The summed E-state index contributed by atoms with van der Waals surface area (Å²) in [7, 11) is 0.0820. The number of amides is 1. The number of benzene rings is 2. The van der Waals surface area contributed by atoms with E-state index >= 15 is 0 Å². The van der Waals surface area contributed by atoms with E-state index in [4.69, 9.17) is 14.2 Å². The Hall–Kier alpha value is -3.11. The highest BCUT2D eigenvalue weighted by atomic mass is 32.2. The molecule has 2 fully saturated rings. The Balaban J connectivity index is 1.27. The first kappa shape index (κ1) is 37.2. The molecule has 3 aromatic rings. The Bertz CT molecular complexity index is 1590. The van der Waals surface area contributed by atoms with E-state index in [0.29, 0.717) is 6.61 Å². The number of hydrogen-bond acceptors (Lipinski definition) is 11. The van der Waals surface area contributed by atoms with Crippen LogP contribution in [-0.4, -0.2) is 112 Å². The first-order chi connectivity index (χ1) is 23.5. The number of thiazole rings is 1. The lowest BCUT2D eigenvalue weighted by atomic mass is 10.0. The van der Waals surface area contributed by atoms with E-state index in [1.54, 1.807) is 24.3 Å². The minimum atomic E-state index is -4.01. The number of aliphatic hydroxyl groups is 1. The SMILES string of the molecule is CC(C)CN(C[C@H](O)[C@H](Cc1ccccc1)NC(=O)O[C@H]1CO[C@H]2OCC[C@H]21)S(=O)(=O)c1ccc(-c2csc(NCCCN(C)C)n2)cc1. The van der Waals surface area contributed by atoms with Gasteiger partial charge in [-0.1, -0.05) is 56.3 Å². The number of alkyl carbamates (subject to hydrolysis) is 1. The number of fused-ring (bicyclic) bond motifs is 1. The predicted molar refractivity (Wildman–Crippen MR) is 190 cm³/mol. The normalized spacial score (nSPS) is 20.4. The van der Waals surface area contributed by atoms with Gasteiger partial charge < -0.3 is 34.9 Å². The third kappa shape index (κ3) is 10.2. The zero-order valence-corrected chi connectivity index (χ0v) is 30.3. The van der Waals surface area contributed by atoms with Crippen molar-refractivity contribution in [2.45, 2.75) is 62.5 Å². The maximum absolute atomic E-state index is 14.0. The van der Waals surface area contributed by atoms with E-state index in [2.05, 4.69) is 20.5 Å². The zero-order valence-electron chi connectivity index (χ0n) is 28.7. The van der Waals surface area contributed by atoms with Gasteiger partial charge in [0, 0.05) is 30.6 Å². The minimum Gasteiger partial charge on any atom is -0.443 e. The van der Waals surface area contributed by atoms with Crippen molar-refractivity contribution in [2.75, 3.05) is 58.8 Å². The number of nitrogens with zero attached hydrogens (tertiary/aromatic N) is 3. The lowest BCUT2D eigenvalue weighted by Crippen LogP contribution is -2.51. The Kier molecular flexibility index (Phi) is 13.0. The van der Waals surface area contributed by atoms with Gasteiger partial charge in [0.25, 0.3) is 0 Å². The molecule has 0 saturated carbocycles. The summed E-state index contributed by atoms with van der Waals surface area (Å²) in [5.41, 5.74) is 2.45. The van der Waals surface area contributed by atoms with Gasteiger partial charge in [0.05, 0.1) is 41.9 Å². The van der Waals surface area contributed by atoms with Gasteiger partial charge in [-0.2, -0.15) is 4.31 Å². The number of sulfonamides is 1. The van der Waals surface area contributed by atoms with Crippen molar-refractivity contribution < 1.29 is 32.5 Å². The molecule has 1 aromatic heterocycles. The summed E-state index contributed by atoms with van der Waals surface area (Å²) < 4.78 is 46.2. The second-order valence-corrected chi connectivity index (χ2v) is 16.1. The van der Waals surface area contributed by atoms with Gasteiger partial charge >= 0.3 is 6.09 Å². The topological polar surface area (TPSA) is 143 Å². The van der Waals surface area contributed by atoms with Crippen LogP contribution in [-0.2, 0) is 30.7 Å². The van der Waals surface area contributed by atoms with Crippen molar-refractivity contribution in [1.82, 2.24) is 19.5 Å². The van der Waals surface area contributed by atoms with Gasteiger partial charge in [-0.3, -0.25) is 0 Å². The monoisotopic (exact) mass is 715 g/mol. The molecule has 0 bridgehead atoms. The van der Waals surface area contributed by atoms with Gasteiger partial charge in [0.15, 0.2) is 11.4 Å². The number of hydrogen-bond donors (Lipinski definition) is 3. The van der Waals surface area contributed by atoms with Crippen molar-refractivity contribution in [1.29, 1.82) is 0 Å². The molecule has 5 atom stereocenters. The highest BCUT2D eigenvalue weighted by Gasteiger charge is 2.44. The lowest BCUT2D eigenvalue weighted by Gasteiger charge is -2.31. The molecule has 2 aromatic carbocycles. The number of nitrogens with one attached hydrogen (secondary N) is 2. The summed E-state index contributed by atoms with van der Waals surface area (Å²) in [5, 5.41) is 20.5. The van der Waals surface area contributed by atoms with Crippen molar-refractivity contribution in [3.8, 4) is 11.3 Å². The minimum absolute atomic E-state index is 0.0191. The maximum Gasteiger partial charge on any atom is 0.407 e. The molecule has 5 rings (SSSR count). The average Bonchev–Trinajstić information content (AvgIpc) is 3.82. The second kappa shape index (κ2) is 17.2. The first-order valence-electron chi connectivity index (χ1n) is 16.9. The number of carbonyl (C=O) groups is 1. The van der Waals surface area contributed by atoms with E-state index in [1.807, 2.05) is 63.7 Å². The predicted octanol–water partition coefficient (Wildman–Crippen LogP) is 4.28. The molecule has 3 N–H and O–H groups in total. The zero-order chi connectivity index (χ0) is 35.0. The molecule has 0 unspecified atom stereocenters. The molecule has 2 aliphatic heterocycles. The van der Waals surface area contributed by atoms with Crippen LogP contribution in [0.15, 0.2) is 64.9 Å². The van der Waals surface area contributed by atoms with Crippen molar-refractivity contribution >= 4 is 32.6 Å². The van der Waals surface area contributed by atoms with Crippen molar-refractivity contribution in [3.05, 3.63) is 65.5 Å². The molecule has 0 spiro atoms. The third-order valence-electron chi connectivity index (χ3n) is 8.62. The van der Waals surface area contributed by atoms with E-state index in [9.17, 15) is 18.3 Å². The fraction of sp³-hybridized carbons (Fsp3) is 0.543. The number of rotatable bonds is 17. The van der Waals surface area contributed by atoms with Crippen molar-refractivity contribution in [3.63, 3.8) is 0 Å². The van der Waals surface area contributed by atoms with Gasteiger partial charge in [-0.15, -0.1) is 11.3 Å². The fourth-order valence-electron chi connectivity index (χ4n) is 6.06. The van der Waals surface area contributed by atoms with E-state index in [-0.39, 0.29) is 49.1 Å². The molecule has 268 valence electrons. The summed E-state index contributed by atoms with van der Waals surface area (Å²) in [4.78, 5) is 20.1. The smallest absolute Gasteiger partial charge is 0.407 e. The standard InChI is InChI=1S/C35H49N5O7S2/c1-24(2)20-40(49(43,44)27-13-11-26(12-14-27)30-23-48-34(37-30)36-16-8-17-39(3)4)21-31(41)29(19-25-9-6-5-7-10-25)38-35(42)47-32-22-46-33-28(32)15-18-45-33/h5-7,9-14,23-24,28-29,31-33,41H,8,15-22H2,1-4H3,(H,36,37)(H,38,42)/t28-,29-,31-,32-,33+/m0/s1. The van der Waals surface area contributed by atoms with Crippen LogP contribution in [0.3, 0.4) is 0 Å². The highest BCUT2D eigenvalue weighted by molar-refractivity contribution is 7.89. The van der Waals surface area contributed by atoms with Crippen molar-refractivity contribution in [2.24, 2.45) is 11.8 Å². The Labute approximate surface area is 293 Å². The number of anilines is 1. The van der Waals surface area contributed by atoms with E-state index < -0.39 is 34.4 Å². The van der Waals surface area contributed by atoms with Gasteiger partial charge in [-0.05, 0) is 63.5 Å². The molecule has 0 aliphatic carbocycles. The number of ether oxygens (including phenoxy) is 3. The molecule has 1 amide bonds. The van der Waals surface area contributed by atoms with Crippen LogP contribution in [0.2, 0.25) is 0 Å². The maximum atomic E-state index is 14.0. The van der Waals surface area contributed by atoms with Crippen LogP contribution in [0.4, 0.5) is 9.93 Å². The van der Waals surface area contributed by atoms with Gasteiger partial charge in [-0.25, -0.2) is 18.2 Å². The van der Waals surface area contributed by atoms with Crippen LogP contribution in [0.5, 0.6) is 0 Å². The largest absolute Gasteiger partial charge is 0.443 e. The van der Waals surface area contributed by atoms with E-state index in [1.165, 1.54) is 15.6 Å². The van der Waals surface area contributed by atoms with Crippen LogP contribution >= 0.6 is 11.3 Å². The van der Waals surface area contributed by atoms with Crippen LogP contribution in [0, 0.1) is 11.8 Å². The number of carbonyl (C=O) groups excluding carboxylic acids is 1. The summed E-state index contributed by atoms with van der Waals surface area (Å²) in [6, 6.07) is 15.3. The quantitative estimate of drug-likeness (QED) is 0.174. The van der Waals surface area contributed by atoms with Gasteiger partial charge in [0.1, 0.15) is 6.10 Å². The molecule has 2 saturated heterocycles. The highest BCUT2D eigenvalue weighted by Crippen LogP contribution is 2.33. The molecule has 14 heteroatoms. The lowest BCUT2D eigenvalue weighted by molar-refractivity contribution is -0.0907. The Morgan fingerprint density at radius 2 is 1.86 bits per heavy atom. The molecular weight excluding hydrogens is 667 g/mol. The van der Waals surface area contributed by atoms with Crippen LogP contribution in [0.1, 0.15) is 32.3 Å². The Morgan fingerprint density at radius 1 is 1.10 bits per heavy atom. The fourth-order valence-corrected chi connectivity index (χ4v) is 8.43. The second-order valence-electron chi connectivity index (χ2n) is 13.3. The third-order valence-corrected chi connectivity index (χ3v) is 11.3. The molecule has 0 radical (unpaired) electrons. The molecule has 12 nitrogen and oxygen atoms in total. The van der Waals surface area contributed by atoms with Crippen LogP contribution in [0.25, 0.3) is 11.3 Å². The van der Waals surface area contributed by atoms with E-state index in [0.717, 1.165) is 47.9 Å². The van der Waals surface area contributed by atoms with Crippen LogP contribution < -0.4 is 10.6 Å². The summed E-state index contributed by atoms with van der Waals surface area (Å²) in [6.45, 7) is 6.40. The summed E-state index contributed by atoms with van der Waals surface area (Å²) >= 11 is 1.51. The molecule has 49 heavy (non-hydrogen) atoms. The molecule has 3 heterocycles. The summed E-state index contributed by atoms with van der Waals surface area (Å²) in [6.07, 6.45) is -0.742. The molecule has 2 aliphatic rings. The average molecular weight is 716 g/mol. The van der Waals surface area contributed by atoms with Gasteiger partial charge in [0.2, 0.25) is 10.0 Å². The number of aliphatic hydroxyl groups excluding tert-OH is 1. The first-order valence-corrected chi connectivity index (χ1v) is 19.2.